The fourth-order valence-electron chi connectivity index (χ4n) is 1.11. The number of hydrogen-bond donors (Lipinski definition) is 1. The second kappa shape index (κ2) is 6.99. The molecule has 0 bridgehead atoms. The van der Waals surface area contributed by atoms with Gasteiger partial charge in [0.1, 0.15) is 0 Å². The molecule has 0 aromatic carbocycles. The van der Waals surface area contributed by atoms with E-state index in [9.17, 15) is 4.79 Å². The van der Waals surface area contributed by atoms with Gasteiger partial charge >= 0.3 is 5.97 Å². The first kappa shape index (κ1) is 15.0. The molecule has 0 aromatic heterocycles. The third-order valence-electron chi connectivity index (χ3n) is 1.82. The van der Waals surface area contributed by atoms with Crippen LogP contribution in [0.3, 0.4) is 0 Å². The van der Waals surface area contributed by atoms with E-state index in [1.807, 2.05) is 0 Å². The molecule has 0 aliphatic heterocycles. The Morgan fingerprint density at radius 3 is 2.08 bits per heavy atom. The van der Waals surface area contributed by atoms with Crippen molar-refractivity contribution in [1.82, 2.24) is 0 Å². The van der Waals surface area contributed by atoms with Gasteiger partial charge in [-0.2, -0.15) is 0 Å². The molecule has 2 nitrogen and oxygen atoms in total. The quantitative estimate of drug-likeness (QED) is 0.525. The van der Waals surface area contributed by atoms with Gasteiger partial charge in [0, 0.05) is 14.8 Å². The summed E-state index contributed by atoms with van der Waals surface area (Å²) in [6.45, 7) is 6.64. The Morgan fingerprint density at radius 2 is 1.69 bits per heavy atom. The van der Waals surface area contributed by atoms with Crippen LogP contribution in [0.1, 0.15) is 52.9 Å². The van der Waals surface area contributed by atoms with Crippen molar-refractivity contribution in [1.29, 1.82) is 0 Å². The number of carbonyl (C=O) groups is 1. The highest BCUT2D eigenvalue weighted by molar-refractivity contribution is 5.75. The summed E-state index contributed by atoms with van der Waals surface area (Å²) in [5.41, 5.74) is 0.392. The molecule has 1 N–H and O–H groups in total. The molecule has 0 heterocycles. The van der Waals surface area contributed by atoms with Crippen LogP contribution in [0.15, 0.2) is 0 Å². The van der Waals surface area contributed by atoms with Crippen LogP contribution in [0.2, 0.25) is 0 Å². The highest BCUT2D eigenvalue weighted by Gasteiger charge is 2.08. The third kappa shape index (κ3) is 14.4. The van der Waals surface area contributed by atoms with Gasteiger partial charge in [0.15, 0.2) is 0 Å². The second-order valence-corrected chi connectivity index (χ2v) is 4.52. The number of carboxylic acid groups (broad SMARTS) is 1. The zero-order valence-electron chi connectivity index (χ0n) is 8.97. The van der Waals surface area contributed by atoms with Gasteiger partial charge in [0.05, 0.1) is 0 Å². The van der Waals surface area contributed by atoms with Crippen molar-refractivity contribution < 1.29 is 9.90 Å². The minimum Gasteiger partial charge on any atom is -0.481 e. The van der Waals surface area contributed by atoms with Crippen LogP contribution in [0.25, 0.3) is 0 Å². The van der Waals surface area contributed by atoms with E-state index in [4.69, 9.17) is 5.11 Å². The smallest absolute Gasteiger partial charge is 0.303 e. The van der Waals surface area contributed by atoms with E-state index in [1.54, 1.807) is 0 Å². The molecular weight excluding hydrogens is 163 g/mol. The molecule has 0 rings (SSSR count). The number of rotatable bonds is 5. The molecule has 0 fully saturated rings. The minimum absolute atomic E-state index is 0. The molecule has 0 saturated carbocycles. The fraction of sp³-hybridized carbons (Fsp3) is 0.900. The van der Waals surface area contributed by atoms with Crippen LogP contribution in [-0.2, 0) is 4.79 Å². The summed E-state index contributed by atoms with van der Waals surface area (Å²) in [7, 11) is 0. The van der Waals surface area contributed by atoms with Crippen LogP contribution < -0.4 is 0 Å². The van der Waals surface area contributed by atoms with Crippen molar-refractivity contribution in [2.24, 2.45) is 5.41 Å². The summed E-state index contributed by atoms with van der Waals surface area (Å²) in [6.07, 6.45) is 4.53. The minimum atomic E-state index is -0.675. The number of carboxylic acids is 1. The van der Waals surface area contributed by atoms with E-state index < -0.39 is 5.97 Å². The molecule has 13 heavy (non-hydrogen) atoms. The van der Waals surface area contributed by atoms with Crippen molar-refractivity contribution in [2.75, 3.05) is 0 Å². The second-order valence-electron chi connectivity index (χ2n) is 4.52. The van der Waals surface area contributed by atoms with Crippen LogP contribution in [0, 0.1) is 5.41 Å². The number of aliphatic carboxylic acids is 1. The molecule has 0 unspecified atom stereocenters. The first-order chi connectivity index (χ1) is 5.42. The topological polar surface area (TPSA) is 37.3 Å². The summed E-state index contributed by atoms with van der Waals surface area (Å²) in [6, 6.07) is 0. The lowest BCUT2D eigenvalue weighted by Crippen LogP contribution is -2.04. The van der Waals surface area contributed by atoms with Crippen molar-refractivity contribution in [3.63, 3.8) is 0 Å². The highest BCUT2D eigenvalue weighted by atomic mass is 16.4. The Hall–Kier alpha value is -0.465. The highest BCUT2D eigenvalue weighted by Crippen LogP contribution is 2.22. The van der Waals surface area contributed by atoms with Gasteiger partial charge in [0.2, 0.25) is 0 Å². The maximum Gasteiger partial charge on any atom is 0.303 e. The maximum absolute atomic E-state index is 10.2. The monoisotopic (exact) mass is 183 g/mol. The molecule has 0 atom stereocenters. The van der Waals surface area contributed by atoms with Crippen molar-refractivity contribution in [3.8, 4) is 0 Å². The average molecular weight is 183 g/mol. The molecule has 3 radical (unpaired) electrons. The zero-order valence-corrected chi connectivity index (χ0v) is 8.97. The van der Waals surface area contributed by atoms with Gasteiger partial charge in [0.25, 0.3) is 0 Å². The van der Waals surface area contributed by atoms with E-state index in [2.05, 4.69) is 20.8 Å². The Labute approximate surface area is 83.3 Å². The van der Waals surface area contributed by atoms with Crippen LogP contribution >= 0.6 is 0 Å². The first-order valence-corrected chi connectivity index (χ1v) is 4.63. The molecule has 0 aliphatic rings. The normalized spacial score (nSPS) is 10.7. The summed E-state index contributed by atoms with van der Waals surface area (Å²) in [5.74, 6) is -0.675. The van der Waals surface area contributed by atoms with Crippen LogP contribution in [0.5, 0.6) is 0 Å². The molecule has 3 heteroatoms. The Bertz CT molecular complexity index is 138. The molecule has 0 saturated heterocycles. The summed E-state index contributed by atoms with van der Waals surface area (Å²) in [4.78, 5) is 10.2. The zero-order chi connectivity index (χ0) is 9.61. The number of unbranched alkanes of at least 4 members (excludes halogenated alkanes) is 2. The van der Waals surface area contributed by atoms with E-state index in [1.165, 1.54) is 6.42 Å². The lowest BCUT2D eigenvalue weighted by molar-refractivity contribution is -0.137. The van der Waals surface area contributed by atoms with Gasteiger partial charge in [-0.3, -0.25) is 4.79 Å². The van der Waals surface area contributed by atoms with Crippen molar-refractivity contribution in [2.45, 2.75) is 52.9 Å². The SMILES string of the molecule is CC(C)(C)CCCCCC(=O)O.[B]. The summed E-state index contributed by atoms with van der Waals surface area (Å²) >= 11 is 0. The Morgan fingerprint density at radius 1 is 1.15 bits per heavy atom. The standard InChI is InChI=1S/C10H20O2.B/c1-10(2,3)8-6-4-5-7-9(11)12;/h4-8H2,1-3H3,(H,11,12);. The maximum atomic E-state index is 10.2. The largest absolute Gasteiger partial charge is 0.481 e. The van der Waals surface area contributed by atoms with Crippen molar-refractivity contribution >= 4 is 14.4 Å². The van der Waals surface area contributed by atoms with E-state index in [-0.39, 0.29) is 8.41 Å². The van der Waals surface area contributed by atoms with Crippen LogP contribution in [0.4, 0.5) is 0 Å². The van der Waals surface area contributed by atoms with E-state index >= 15 is 0 Å². The predicted octanol–water partition coefficient (Wildman–Crippen LogP) is 2.69. The van der Waals surface area contributed by atoms with Crippen molar-refractivity contribution in [3.05, 3.63) is 0 Å². The number of hydrogen-bond acceptors (Lipinski definition) is 1. The van der Waals surface area contributed by atoms with Gasteiger partial charge in [-0.25, -0.2) is 0 Å². The Balaban J connectivity index is 0. The van der Waals surface area contributed by atoms with Gasteiger partial charge < -0.3 is 5.11 Å². The Kier molecular flexibility index (Phi) is 8.08. The van der Waals surface area contributed by atoms with E-state index in [0.29, 0.717) is 11.8 Å². The molecule has 0 spiro atoms. The lowest BCUT2D eigenvalue weighted by atomic mass is 9.89. The van der Waals surface area contributed by atoms with Gasteiger partial charge in [-0.1, -0.05) is 33.6 Å². The predicted molar refractivity (Wildman–Crippen MR) is 55.9 cm³/mol. The molecule has 0 aromatic rings. The van der Waals surface area contributed by atoms with Gasteiger partial charge in [-0.05, 0) is 18.3 Å². The molecule has 75 valence electrons. The third-order valence-corrected chi connectivity index (χ3v) is 1.82. The van der Waals surface area contributed by atoms with E-state index in [0.717, 1.165) is 19.3 Å². The molecule has 0 aliphatic carbocycles. The summed E-state index contributed by atoms with van der Waals surface area (Å²) in [5, 5.41) is 8.37. The molecular formula is C10H20BO2. The van der Waals surface area contributed by atoms with Gasteiger partial charge in [-0.15, -0.1) is 0 Å². The molecule has 0 amide bonds. The average Bonchev–Trinajstić information content (AvgIpc) is 1.83. The first-order valence-electron chi connectivity index (χ1n) is 4.63. The lowest BCUT2D eigenvalue weighted by Gasteiger charge is -2.17. The summed E-state index contributed by atoms with van der Waals surface area (Å²) < 4.78 is 0. The van der Waals surface area contributed by atoms with Crippen LogP contribution in [-0.4, -0.2) is 19.5 Å². The fourth-order valence-corrected chi connectivity index (χ4v) is 1.11.